The molecule has 2 N–H and O–H groups in total. The van der Waals surface area contributed by atoms with E-state index in [4.69, 9.17) is 25.5 Å². The molecule has 2 amide bonds. The minimum absolute atomic E-state index is 0.0191. The van der Waals surface area contributed by atoms with Gasteiger partial charge in [-0.2, -0.15) is 0 Å². The maximum Gasteiger partial charge on any atom is 0.352 e. The first-order valence-corrected chi connectivity index (χ1v) is 11.5. The number of carboxylic acid groups (broad SMARTS) is 1. The number of halogens is 1. The molecule has 2 atom stereocenters. The lowest BCUT2D eigenvalue weighted by molar-refractivity contribution is -0.149. The molecule has 3 heterocycles. The van der Waals surface area contributed by atoms with Crippen LogP contribution in [0.4, 0.5) is 0 Å². The molecule has 0 radical (unpaired) electrons. The van der Waals surface area contributed by atoms with Gasteiger partial charge in [0, 0.05) is 18.2 Å². The fourth-order valence-corrected chi connectivity index (χ4v) is 5.00. The SMILES string of the molecule is CC(=O)OCC1=C(C(=O)O)N2C(=O)[C@@H](NC(=O)c3ccc(COc4ccccc4Cl)o3)[C@@H]2SC1. The van der Waals surface area contributed by atoms with Gasteiger partial charge in [0.2, 0.25) is 0 Å². The summed E-state index contributed by atoms with van der Waals surface area (Å²) in [5.74, 6) is -1.98. The zero-order valence-corrected chi connectivity index (χ0v) is 19.4. The molecule has 1 saturated heterocycles. The third-order valence-corrected chi connectivity index (χ3v) is 6.73. The molecule has 178 valence electrons. The number of nitrogens with zero attached hydrogens (tertiary/aromatic N) is 1. The number of esters is 1. The maximum atomic E-state index is 12.7. The maximum absolute atomic E-state index is 12.7. The number of carbonyl (C=O) groups is 4. The highest BCUT2D eigenvalue weighted by Crippen LogP contribution is 2.40. The van der Waals surface area contributed by atoms with Crippen molar-refractivity contribution in [2.75, 3.05) is 12.4 Å². The van der Waals surface area contributed by atoms with Crippen LogP contribution in [-0.2, 0) is 25.7 Å². The summed E-state index contributed by atoms with van der Waals surface area (Å²) in [6.45, 7) is 1.04. The molecule has 1 aromatic heterocycles. The number of thioether (sulfide) groups is 1. The normalized spacial score (nSPS) is 19.2. The number of carbonyl (C=O) groups excluding carboxylic acids is 3. The topological polar surface area (TPSA) is 135 Å². The van der Waals surface area contributed by atoms with Crippen molar-refractivity contribution in [1.82, 2.24) is 10.2 Å². The molecule has 0 bridgehead atoms. The lowest BCUT2D eigenvalue weighted by Crippen LogP contribution is -2.70. The number of hydrogen-bond acceptors (Lipinski definition) is 8. The van der Waals surface area contributed by atoms with Crippen LogP contribution in [0, 0.1) is 0 Å². The van der Waals surface area contributed by atoms with Gasteiger partial charge in [-0.1, -0.05) is 23.7 Å². The summed E-state index contributed by atoms with van der Waals surface area (Å²) in [6.07, 6.45) is 0. The molecule has 4 rings (SSSR count). The zero-order chi connectivity index (χ0) is 24.4. The summed E-state index contributed by atoms with van der Waals surface area (Å²) >= 11 is 7.32. The molecule has 0 aliphatic carbocycles. The number of fused-ring (bicyclic) bond motifs is 1. The second-order valence-electron chi connectivity index (χ2n) is 7.38. The fourth-order valence-electron chi connectivity index (χ4n) is 3.48. The van der Waals surface area contributed by atoms with Gasteiger partial charge in [0.1, 0.15) is 41.8 Å². The molecule has 0 spiro atoms. The highest BCUT2D eigenvalue weighted by Gasteiger charge is 2.54. The number of nitrogens with one attached hydrogen (secondary N) is 1. The Labute approximate surface area is 202 Å². The summed E-state index contributed by atoms with van der Waals surface area (Å²) in [5, 5.41) is 12.0. The fraction of sp³-hybridized carbons (Fsp3) is 0.273. The van der Waals surface area contributed by atoms with Crippen molar-refractivity contribution in [1.29, 1.82) is 0 Å². The van der Waals surface area contributed by atoms with E-state index < -0.39 is 35.2 Å². The Morgan fingerprint density at radius 3 is 2.71 bits per heavy atom. The van der Waals surface area contributed by atoms with E-state index in [9.17, 15) is 24.3 Å². The number of β-lactam (4-membered cyclic amide) rings is 1. The standard InChI is InChI=1S/C22H19ClN2O8S/c1-11(26)31-8-12-10-34-21-17(20(28)25(21)18(12)22(29)30)24-19(27)16-7-6-13(33-16)9-32-15-5-3-2-4-14(15)23/h2-7,17,21H,8-10H2,1H3,(H,24,27)(H,29,30)/t17-,21+/m1/s1. The molecule has 2 aromatic rings. The number of furan rings is 1. The number of para-hydroxylation sites is 1. The van der Waals surface area contributed by atoms with Crippen LogP contribution >= 0.6 is 23.4 Å². The molecule has 10 nitrogen and oxygen atoms in total. The van der Waals surface area contributed by atoms with Crippen LogP contribution in [0.15, 0.2) is 52.1 Å². The number of amides is 2. The number of hydrogen-bond donors (Lipinski definition) is 2. The van der Waals surface area contributed by atoms with Crippen molar-refractivity contribution in [3.63, 3.8) is 0 Å². The van der Waals surface area contributed by atoms with E-state index in [0.29, 0.717) is 22.1 Å². The van der Waals surface area contributed by atoms with Gasteiger partial charge in [0.25, 0.3) is 11.8 Å². The summed E-state index contributed by atoms with van der Waals surface area (Å²) in [7, 11) is 0. The quantitative estimate of drug-likeness (QED) is 0.408. The van der Waals surface area contributed by atoms with E-state index in [0.717, 1.165) is 4.90 Å². The van der Waals surface area contributed by atoms with E-state index in [1.165, 1.54) is 24.8 Å². The molecule has 1 fully saturated rings. The Morgan fingerprint density at radius 1 is 1.24 bits per heavy atom. The molecule has 2 aliphatic rings. The Hall–Kier alpha value is -3.44. The highest BCUT2D eigenvalue weighted by atomic mass is 35.5. The largest absolute Gasteiger partial charge is 0.484 e. The van der Waals surface area contributed by atoms with Crippen molar-refractivity contribution >= 4 is 47.1 Å². The number of benzene rings is 1. The van der Waals surface area contributed by atoms with E-state index in [1.807, 2.05) is 0 Å². The Bertz CT molecular complexity index is 1190. The van der Waals surface area contributed by atoms with Crippen LogP contribution in [0.3, 0.4) is 0 Å². The van der Waals surface area contributed by atoms with Crippen molar-refractivity contribution in [3.8, 4) is 5.75 Å². The first-order chi connectivity index (χ1) is 16.3. The van der Waals surface area contributed by atoms with Gasteiger partial charge in [0.05, 0.1) is 5.02 Å². The molecule has 12 heteroatoms. The molecular weight excluding hydrogens is 488 g/mol. The number of rotatable bonds is 8. The van der Waals surface area contributed by atoms with Crippen molar-refractivity contribution < 1.29 is 38.2 Å². The molecule has 0 saturated carbocycles. The summed E-state index contributed by atoms with van der Waals surface area (Å²) in [4.78, 5) is 49.3. The van der Waals surface area contributed by atoms with E-state index in [1.54, 1.807) is 30.3 Å². The van der Waals surface area contributed by atoms with Gasteiger partial charge in [-0.05, 0) is 24.3 Å². The number of ether oxygens (including phenoxy) is 2. The number of carboxylic acids is 1. The second kappa shape index (κ2) is 9.82. The Kier molecular flexibility index (Phi) is 6.85. The Balaban J connectivity index is 1.39. The predicted octanol–water partition coefficient (Wildman–Crippen LogP) is 2.43. The Morgan fingerprint density at radius 2 is 2.00 bits per heavy atom. The highest BCUT2D eigenvalue weighted by molar-refractivity contribution is 8.00. The summed E-state index contributed by atoms with van der Waals surface area (Å²) < 4.78 is 16.0. The van der Waals surface area contributed by atoms with E-state index in [-0.39, 0.29) is 30.4 Å². The minimum atomic E-state index is -1.31. The van der Waals surface area contributed by atoms with Gasteiger partial charge in [-0.25, -0.2) is 4.79 Å². The zero-order valence-electron chi connectivity index (χ0n) is 17.8. The van der Waals surface area contributed by atoms with Crippen molar-refractivity contribution in [2.24, 2.45) is 0 Å². The predicted molar refractivity (Wildman–Crippen MR) is 120 cm³/mol. The monoisotopic (exact) mass is 506 g/mol. The van der Waals surface area contributed by atoms with Gasteiger partial charge >= 0.3 is 11.9 Å². The second-order valence-corrected chi connectivity index (χ2v) is 8.90. The number of aliphatic carboxylic acids is 1. The van der Waals surface area contributed by atoms with Gasteiger partial charge in [-0.3, -0.25) is 19.3 Å². The average molecular weight is 507 g/mol. The van der Waals surface area contributed by atoms with E-state index in [2.05, 4.69) is 5.32 Å². The first-order valence-electron chi connectivity index (χ1n) is 10.1. The van der Waals surface area contributed by atoms with Crippen molar-refractivity contribution in [3.05, 3.63) is 64.2 Å². The average Bonchev–Trinajstić information content (AvgIpc) is 3.28. The van der Waals surface area contributed by atoms with Crippen LogP contribution < -0.4 is 10.1 Å². The summed E-state index contributed by atoms with van der Waals surface area (Å²) in [5.41, 5.74) is 0.0915. The van der Waals surface area contributed by atoms with Crippen LogP contribution in [0.5, 0.6) is 5.75 Å². The molecule has 0 unspecified atom stereocenters. The van der Waals surface area contributed by atoms with Gasteiger partial charge in [0.15, 0.2) is 5.76 Å². The van der Waals surface area contributed by atoms with Crippen LogP contribution in [0.1, 0.15) is 23.2 Å². The first kappa shape index (κ1) is 23.7. The van der Waals surface area contributed by atoms with Gasteiger partial charge in [-0.15, -0.1) is 11.8 Å². The van der Waals surface area contributed by atoms with Crippen LogP contribution in [-0.4, -0.2) is 57.5 Å². The summed E-state index contributed by atoms with van der Waals surface area (Å²) in [6, 6.07) is 9.03. The molecule has 34 heavy (non-hydrogen) atoms. The van der Waals surface area contributed by atoms with Crippen LogP contribution in [0.2, 0.25) is 5.02 Å². The molecule has 2 aliphatic heterocycles. The third kappa shape index (κ3) is 4.75. The molecular formula is C22H19ClN2O8S. The lowest BCUT2D eigenvalue weighted by Gasteiger charge is -2.49. The van der Waals surface area contributed by atoms with Crippen molar-refractivity contribution in [2.45, 2.75) is 24.9 Å². The smallest absolute Gasteiger partial charge is 0.352 e. The molecule has 1 aromatic carbocycles. The van der Waals surface area contributed by atoms with Gasteiger partial charge < -0.3 is 24.3 Å². The van der Waals surface area contributed by atoms with E-state index >= 15 is 0 Å². The van der Waals surface area contributed by atoms with Crippen LogP contribution in [0.25, 0.3) is 0 Å². The third-order valence-electron chi connectivity index (χ3n) is 5.08. The lowest BCUT2D eigenvalue weighted by atomic mass is 10.0. The minimum Gasteiger partial charge on any atom is -0.484 e.